The largest absolute Gasteiger partial charge is 0.352 e. The Morgan fingerprint density at radius 3 is 2.72 bits per heavy atom. The quantitative estimate of drug-likeness (QED) is 0.798. The average molecular weight is 289 g/mol. The van der Waals surface area contributed by atoms with E-state index in [-0.39, 0.29) is 6.04 Å². The lowest BCUT2D eigenvalue weighted by molar-refractivity contribution is 0.333. The van der Waals surface area contributed by atoms with Gasteiger partial charge in [0.15, 0.2) is 0 Å². The van der Waals surface area contributed by atoms with Crippen LogP contribution in [0.1, 0.15) is 25.0 Å². The Kier molecular flexibility index (Phi) is 2.95. The van der Waals surface area contributed by atoms with Gasteiger partial charge in [-0.1, -0.05) is 0 Å². The predicted molar refractivity (Wildman–Crippen MR) is 70.0 cm³/mol. The van der Waals surface area contributed by atoms with Crippen molar-refractivity contribution >= 4 is 21.6 Å². The third-order valence-corrected chi connectivity index (χ3v) is 6.34. The molecule has 4 nitrogen and oxygen atoms in total. The maximum Gasteiger partial charge on any atom is 0.244 e. The predicted octanol–water partition coefficient (Wildman–Crippen LogP) is 1.94. The number of rotatable bonds is 3. The number of fused-ring (bicyclic) bond motifs is 2. The van der Waals surface area contributed by atoms with E-state index >= 15 is 0 Å². The van der Waals surface area contributed by atoms with E-state index in [2.05, 4.69) is 0 Å². The van der Waals surface area contributed by atoms with Gasteiger partial charge < -0.3 is 4.57 Å². The highest BCUT2D eigenvalue weighted by Crippen LogP contribution is 2.40. The van der Waals surface area contributed by atoms with Gasteiger partial charge in [-0.2, -0.15) is 4.31 Å². The molecular formula is C12H17ClN2O2S. The van der Waals surface area contributed by atoms with Crippen LogP contribution in [0.2, 0.25) is 0 Å². The van der Waals surface area contributed by atoms with Crippen LogP contribution < -0.4 is 0 Å². The zero-order valence-electron chi connectivity index (χ0n) is 10.3. The molecule has 1 aliphatic carbocycles. The van der Waals surface area contributed by atoms with Gasteiger partial charge in [0.1, 0.15) is 4.90 Å². The number of hydrogen-bond donors (Lipinski definition) is 0. The Labute approximate surface area is 113 Å². The molecule has 2 aliphatic rings. The number of halogens is 1. The summed E-state index contributed by atoms with van der Waals surface area (Å²) in [5, 5.41) is 0. The Morgan fingerprint density at radius 2 is 2.22 bits per heavy atom. The normalized spacial score (nSPS) is 28.1. The van der Waals surface area contributed by atoms with Crippen molar-refractivity contribution in [2.24, 2.45) is 13.0 Å². The molecule has 2 fully saturated rings. The van der Waals surface area contributed by atoms with E-state index < -0.39 is 10.0 Å². The van der Waals surface area contributed by atoms with Gasteiger partial charge in [0.2, 0.25) is 10.0 Å². The van der Waals surface area contributed by atoms with Crippen LogP contribution in [0, 0.1) is 5.92 Å². The van der Waals surface area contributed by atoms with E-state index in [1.165, 1.54) is 6.42 Å². The number of aryl methyl sites for hydroxylation is 1. The maximum atomic E-state index is 12.6. The average Bonchev–Trinajstić information content (AvgIpc) is 3.02. The molecule has 1 aliphatic heterocycles. The van der Waals surface area contributed by atoms with Crippen LogP contribution in [0.15, 0.2) is 17.2 Å². The summed E-state index contributed by atoms with van der Waals surface area (Å²) in [7, 11) is -1.50. The molecule has 100 valence electrons. The Balaban J connectivity index is 1.94. The van der Waals surface area contributed by atoms with Gasteiger partial charge in [-0.25, -0.2) is 8.42 Å². The number of alkyl halides is 1. The molecule has 3 rings (SSSR count). The summed E-state index contributed by atoms with van der Waals surface area (Å²) in [6.45, 7) is 0.693. The number of piperidine rings is 1. The SMILES string of the molecule is Cn1cc(S(=O)(=O)N2CC3CCC2C3)cc1CCl. The maximum absolute atomic E-state index is 12.6. The summed E-state index contributed by atoms with van der Waals surface area (Å²) in [6.07, 6.45) is 4.89. The monoisotopic (exact) mass is 288 g/mol. The fourth-order valence-electron chi connectivity index (χ4n) is 3.16. The molecular weight excluding hydrogens is 272 g/mol. The van der Waals surface area contributed by atoms with Crippen molar-refractivity contribution in [2.75, 3.05) is 6.54 Å². The van der Waals surface area contributed by atoms with Crippen molar-refractivity contribution in [1.82, 2.24) is 8.87 Å². The zero-order chi connectivity index (χ0) is 12.9. The van der Waals surface area contributed by atoms with E-state index in [1.807, 2.05) is 7.05 Å². The lowest BCUT2D eigenvalue weighted by Crippen LogP contribution is -2.37. The zero-order valence-corrected chi connectivity index (χ0v) is 11.9. The van der Waals surface area contributed by atoms with E-state index in [0.29, 0.717) is 23.2 Å². The lowest BCUT2D eigenvalue weighted by atomic mass is 10.1. The minimum Gasteiger partial charge on any atom is -0.352 e. The second-order valence-electron chi connectivity index (χ2n) is 5.32. The van der Waals surface area contributed by atoms with Crippen molar-refractivity contribution in [2.45, 2.75) is 36.1 Å². The molecule has 0 N–H and O–H groups in total. The molecule has 2 heterocycles. The van der Waals surface area contributed by atoms with E-state index in [4.69, 9.17) is 11.6 Å². The summed E-state index contributed by atoms with van der Waals surface area (Å²) in [6, 6.07) is 1.91. The molecule has 2 unspecified atom stereocenters. The molecule has 0 radical (unpaired) electrons. The summed E-state index contributed by atoms with van der Waals surface area (Å²) >= 11 is 5.79. The van der Waals surface area contributed by atoms with Crippen molar-refractivity contribution < 1.29 is 8.42 Å². The molecule has 1 aromatic rings. The van der Waals surface area contributed by atoms with Gasteiger partial charge in [-0.15, -0.1) is 11.6 Å². The molecule has 1 aromatic heterocycles. The van der Waals surface area contributed by atoms with Gasteiger partial charge in [0.05, 0.1) is 5.88 Å². The minimum absolute atomic E-state index is 0.222. The van der Waals surface area contributed by atoms with Crippen LogP contribution in [0.25, 0.3) is 0 Å². The van der Waals surface area contributed by atoms with Crippen molar-refractivity contribution in [3.05, 3.63) is 18.0 Å². The first kappa shape index (κ1) is 12.5. The summed E-state index contributed by atoms with van der Waals surface area (Å²) in [5.41, 5.74) is 0.833. The number of hydrogen-bond acceptors (Lipinski definition) is 2. The number of aromatic nitrogens is 1. The van der Waals surface area contributed by atoms with Crippen LogP contribution in [-0.4, -0.2) is 29.9 Å². The second-order valence-corrected chi connectivity index (χ2v) is 7.48. The minimum atomic E-state index is -3.33. The smallest absolute Gasteiger partial charge is 0.244 e. The van der Waals surface area contributed by atoms with E-state index in [9.17, 15) is 8.42 Å². The highest BCUT2D eigenvalue weighted by Gasteiger charge is 2.44. The van der Waals surface area contributed by atoms with E-state index in [1.54, 1.807) is 21.1 Å². The van der Waals surface area contributed by atoms with Crippen LogP contribution in [0.5, 0.6) is 0 Å². The fourth-order valence-corrected chi connectivity index (χ4v) is 5.26. The summed E-state index contributed by atoms with van der Waals surface area (Å²) in [4.78, 5) is 0.383. The molecule has 0 spiro atoms. The van der Waals surface area contributed by atoms with Crippen LogP contribution in [0.4, 0.5) is 0 Å². The van der Waals surface area contributed by atoms with Crippen molar-refractivity contribution in [3.8, 4) is 0 Å². The van der Waals surface area contributed by atoms with Gasteiger partial charge in [-0.3, -0.25) is 0 Å². The highest BCUT2D eigenvalue weighted by molar-refractivity contribution is 7.89. The van der Waals surface area contributed by atoms with E-state index in [0.717, 1.165) is 18.5 Å². The standard InChI is InChI=1S/C12H17ClN2O2S/c1-14-8-12(5-11(14)6-13)18(16,17)15-7-9-2-3-10(15)4-9/h5,8-10H,2-4,6-7H2,1H3. The molecule has 2 atom stereocenters. The van der Waals surface area contributed by atoms with Crippen molar-refractivity contribution in [1.29, 1.82) is 0 Å². The van der Waals surface area contributed by atoms with Crippen molar-refractivity contribution in [3.63, 3.8) is 0 Å². The molecule has 1 saturated carbocycles. The second kappa shape index (κ2) is 4.25. The highest BCUT2D eigenvalue weighted by atomic mass is 35.5. The first-order valence-corrected chi connectivity index (χ1v) is 8.23. The third-order valence-electron chi connectivity index (χ3n) is 4.19. The summed E-state index contributed by atoms with van der Waals surface area (Å²) in [5.74, 6) is 0.902. The Morgan fingerprint density at radius 1 is 1.44 bits per heavy atom. The number of nitrogens with zero attached hydrogens (tertiary/aromatic N) is 2. The first-order chi connectivity index (χ1) is 8.52. The van der Waals surface area contributed by atoms with Crippen LogP contribution in [0.3, 0.4) is 0 Å². The first-order valence-electron chi connectivity index (χ1n) is 6.25. The molecule has 0 amide bonds. The van der Waals surface area contributed by atoms with Crippen LogP contribution in [-0.2, 0) is 23.0 Å². The molecule has 2 bridgehead atoms. The Hall–Kier alpha value is -0.520. The van der Waals surface area contributed by atoms with Gasteiger partial charge in [-0.05, 0) is 31.2 Å². The molecule has 18 heavy (non-hydrogen) atoms. The molecule has 0 aromatic carbocycles. The van der Waals surface area contributed by atoms with Gasteiger partial charge in [0, 0.05) is 31.5 Å². The fraction of sp³-hybridized carbons (Fsp3) is 0.667. The molecule has 6 heteroatoms. The van der Waals surface area contributed by atoms with Crippen LogP contribution >= 0.6 is 11.6 Å². The van der Waals surface area contributed by atoms with Gasteiger partial charge in [0.25, 0.3) is 0 Å². The lowest BCUT2D eigenvalue weighted by Gasteiger charge is -2.25. The Bertz CT molecular complexity index is 567. The molecule has 1 saturated heterocycles. The number of sulfonamides is 1. The van der Waals surface area contributed by atoms with Gasteiger partial charge >= 0.3 is 0 Å². The summed E-state index contributed by atoms with van der Waals surface area (Å²) < 4.78 is 28.6. The third kappa shape index (κ3) is 1.80. The topological polar surface area (TPSA) is 42.3 Å².